The molecule has 6 nitrogen and oxygen atoms in total. The molecule has 1 heterocycles. The van der Waals surface area contributed by atoms with Gasteiger partial charge in [-0.15, -0.1) is 0 Å². The van der Waals surface area contributed by atoms with Gasteiger partial charge < -0.3 is 14.4 Å². The number of amides is 1. The van der Waals surface area contributed by atoms with Crippen molar-refractivity contribution in [3.63, 3.8) is 0 Å². The fourth-order valence-corrected chi connectivity index (χ4v) is 2.75. The molecule has 7 heteroatoms. The van der Waals surface area contributed by atoms with Crippen molar-refractivity contribution in [3.05, 3.63) is 35.1 Å². The summed E-state index contributed by atoms with van der Waals surface area (Å²) in [5.41, 5.74) is -0.161. The number of esters is 2. The van der Waals surface area contributed by atoms with Crippen LogP contribution in [-0.2, 0) is 14.3 Å². The van der Waals surface area contributed by atoms with E-state index in [2.05, 4.69) is 4.74 Å². The molecule has 130 valence electrons. The van der Waals surface area contributed by atoms with E-state index in [4.69, 9.17) is 4.74 Å². The van der Waals surface area contributed by atoms with Gasteiger partial charge in [-0.25, -0.2) is 14.0 Å². The van der Waals surface area contributed by atoms with Crippen molar-refractivity contribution >= 4 is 17.8 Å². The summed E-state index contributed by atoms with van der Waals surface area (Å²) in [6.45, 7) is 2.28. The van der Waals surface area contributed by atoms with Crippen LogP contribution in [0.25, 0.3) is 0 Å². The van der Waals surface area contributed by atoms with Gasteiger partial charge in [0.25, 0.3) is 5.91 Å². The first-order valence-corrected chi connectivity index (χ1v) is 7.85. The number of methoxy groups -OCH3 is 1. The van der Waals surface area contributed by atoms with E-state index < -0.39 is 29.7 Å². The zero-order valence-electron chi connectivity index (χ0n) is 13.7. The number of rotatable bonds is 4. The molecule has 24 heavy (non-hydrogen) atoms. The maximum atomic E-state index is 14.3. The van der Waals surface area contributed by atoms with E-state index in [0.29, 0.717) is 13.0 Å². The Kier molecular flexibility index (Phi) is 5.89. The first-order chi connectivity index (χ1) is 11.5. The molecule has 0 bridgehead atoms. The van der Waals surface area contributed by atoms with E-state index >= 15 is 0 Å². The van der Waals surface area contributed by atoms with Gasteiger partial charge in [-0.05, 0) is 44.4 Å². The summed E-state index contributed by atoms with van der Waals surface area (Å²) >= 11 is 0. The van der Waals surface area contributed by atoms with Crippen molar-refractivity contribution in [2.75, 3.05) is 20.3 Å². The number of likely N-dealkylation sites (tertiary alicyclic amines) is 1. The van der Waals surface area contributed by atoms with Crippen LogP contribution in [0.3, 0.4) is 0 Å². The third-order valence-corrected chi connectivity index (χ3v) is 3.94. The van der Waals surface area contributed by atoms with Gasteiger partial charge in [0.1, 0.15) is 11.9 Å². The van der Waals surface area contributed by atoms with E-state index in [0.717, 1.165) is 18.9 Å². The number of carbonyl (C=O) groups is 3. The summed E-state index contributed by atoms with van der Waals surface area (Å²) < 4.78 is 23.8. The highest BCUT2D eigenvalue weighted by Crippen LogP contribution is 2.22. The van der Waals surface area contributed by atoms with E-state index in [-0.39, 0.29) is 17.7 Å². The fourth-order valence-electron chi connectivity index (χ4n) is 2.75. The maximum Gasteiger partial charge on any atom is 0.337 e. The van der Waals surface area contributed by atoms with E-state index in [9.17, 15) is 18.8 Å². The number of hydrogen-bond donors (Lipinski definition) is 0. The predicted octanol–water partition coefficient (Wildman–Crippen LogP) is 2.17. The third kappa shape index (κ3) is 3.72. The Morgan fingerprint density at radius 3 is 2.67 bits per heavy atom. The lowest BCUT2D eigenvalue weighted by atomic mass is 10.00. The van der Waals surface area contributed by atoms with E-state index in [1.54, 1.807) is 6.92 Å². The molecule has 1 aromatic carbocycles. The lowest BCUT2D eigenvalue weighted by Gasteiger charge is -2.34. The molecule has 1 atom stereocenters. The number of piperidine rings is 1. The Morgan fingerprint density at radius 2 is 2.04 bits per heavy atom. The number of nitrogens with zero attached hydrogens (tertiary/aromatic N) is 1. The highest BCUT2D eigenvalue weighted by molar-refractivity contribution is 5.98. The van der Waals surface area contributed by atoms with Crippen LogP contribution in [-0.4, -0.2) is 49.0 Å². The van der Waals surface area contributed by atoms with Gasteiger partial charge in [0.15, 0.2) is 0 Å². The van der Waals surface area contributed by atoms with Gasteiger partial charge >= 0.3 is 11.9 Å². The zero-order valence-corrected chi connectivity index (χ0v) is 13.7. The molecule has 2 rings (SSSR count). The fraction of sp³-hybridized carbons (Fsp3) is 0.471. The molecule has 0 aromatic heterocycles. The highest BCUT2D eigenvalue weighted by Gasteiger charge is 2.34. The summed E-state index contributed by atoms with van der Waals surface area (Å²) in [5, 5.41) is 0. The second-order valence-electron chi connectivity index (χ2n) is 5.45. The molecule has 0 unspecified atom stereocenters. The summed E-state index contributed by atoms with van der Waals surface area (Å²) in [7, 11) is 1.19. The molecular weight excluding hydrogens is 317 g/mol. The molecule has 1 aromatic rings. The van der Waals surface area contributed by atoms with E-state index in [1.165, 1.54) is 24.1 Å². The number of hydrogen-bond acceptors (Lipinski definition) is 5. The third-order valence-electron chi connectivity index (χ3n) is 3.94. The smallest absolute Gasteiger partial charge is 0.337 e. The zero-order chi connectivity index (χ0) is 17.7. The van der Waals surface area contributed by atoms with Crippen molar-refractivity contribution in [2.24, 2.45) is 0 Å². The van der Waals surface area contributed by atoms with Gasteiger partial charge in [0, 0.05) is 6.54 Å². The van der Waals surface area contributed by atoms with Crippen LogP contribution in [0.2, 0.25) is 0 Å². The first kappa shape index (κ1) is 17.9. The standard InChI is InChI=1S/C17H20FNO5/c1-3-24-17(22)14-6-4-5-9-19(14)15(20)12-8-7-11(10-13(12)18)16(21)23-2/h7-8,10,14H,3-6,9H2,1-2H3/t14-/m1/s1. The van der Waals surface area contributed by atoms with Crippen molar-refractivity contribution < 1.29 is 28.2 Å². The number of ether oxygens (including phenoxy) is 2. The lowest BCUT2D eigenvalue weighted by Crippen LogP contribution is -2.48. The minimum atomic E-state index is -0.823. The normalized spacial score (nSPS) is 17.3. The van der Waals surface area contributed by atoms with E-state index in [1.807, 2.05) is 0 Å². The van der Waals surface area contributed by atoms with Crippen LogP contribution in [0.15, 0.2) is 18.2 Å². The highest BCUT2D eigenvalue weighted by atomic mass is 19.1. The summed E-state index contributed by atoms with van der Waals surface area (Å²) in [6.07, 6.45) is 2.03. The van der Waals surface area contributed by atoms with Gasteiger partial charge in [0.05, 0.1) is 24.8 Å². The Morgan fingerprint density at radius 1 is 1.29 bits per heavy atom. The average Bonchev–Trinajstić information content (AvgIpc) is 2.60. The molecular formula is C17H20FNO5. The van der Waals surface area contributed by atoms with Crippen LogP contribution in [0.4, 0.5) is 4.39 Å². The van der Waals surface area contributed by atoms with Crippen molar-refractivity contribution in [3.8, 4) is 0 Å². The Balaban J connectivity index is 2.25. The monoisotopic (exact) mass is 337 g/mol. The Hall–Kier alpha value is -2.44. The summed E-state index contributed by atoms with van der Waals surface area (Å²) in [5.74, 6) is -2.56. The average molecular weight is 337 g/mol. The van der Waals surface area contributed by atoms with Crippen LogP contribution in [0, 0.1) is 5.82 Å². The van der Waals surface area contributed by atoms with Gasteiger partial charge in [-0.2, -0.15) is 0 Å². The molecule has 0 saturated carbocycles. The molecule has 0 aliphatic carbocycles. The maximum absolute atomic E-state index is 14.3. The number of halogens is 1. The number of benzene rings is 1. The van der Waals surface area contributed by atoms with Crippen LogP contribution < -0.4 is 0 Å². The molecule has 0 radical (unpaired) electrons. The molecule has 1 fully saturated rings. The largest absolute Gasteiger partial charge is 0.465 e. The van der Waals surface area contributed by atoms with Gasteiger partial charge in [0.2, 0.25) is 0 Å². The van der Waals surface area contributed by atoms with Crippen molar-refractivity contribution in [1.29, 1.82) is 0 Å². The summed E-state index contributed by atoms with van der Waals surface area (Å²) in [4.78, 5) is 37.5. The molecule has 1 aliphatic rings. The molecule has 1 aliphatic heterocycles. The Labute approximate surface area is 139 Å². The molecule has 0 spiro atoms. The molecule has 1 amide bonds. The molecule has 1 saturated heterocycles. The summed E-state index contributed by atoms with van der Waals surface area (Å²) in [6, 6.07) is 2.82. The quantitative estimate of drug-likeness (QED) is 0.787. The van der Waals surface area contributed by atoms with Gasteiger partial charge in [-0.3, -0.25) is 4.79 Å². The minimum Gasteiger partial charge on any atom is -0.465 e. The van der Waals surface area contributed by atoms with Crippen LogP contribution >= 0.6 is 0 Å². The SMILES string of the molecule is CCOC(=O)[C@H]1CCCCN1C(=O)c1ccc(C(=O)OC)cc1F. The van der Waals surface area contributed by atoms with Crippen molar-refractivity contribution in [2.45, 2.75) is 32.2 Å². The first-order valence-electron chi connectivity index (χ1n) is 7.85. The van der Waals surface area contributed by atoms with Crippen LogP contribution in [0.5, 0.6) is 0 Å². The minimum absolute atomic E-state index is 0.0205. The van der Waals surface area contributed by atoms with Gasteiger partial charge in [-0.1, -0.05) is 0 Å². The second-order valence-corrected chi connectivity index (χ2v) is 5.45. The van der Waals surface area contributed by atoms with Crippen LogP contribution in [0.1, 0.15) is 46.9 Å². The van der Waals surface area contributed by atoms with Crippen molar-refractivity contribution in [1.82, 2.24) is 4.90 Å². The lowest BCUT2D eigenvalue weighted by molar-refractivity contribution is -0.149. The number of carbonyl (C=O) groups excluding carboxylic acids is 3. The topological polar surface area (TPSA) is 72.9 Å². The second kappa shape index (κ2) is 7.90. The molecule has 0 N–H and O–H groups in total. The Bertz CT molecular complexity index is 646. The predicted molar refractivity (Wildman–Crippen MR) is 83.0 cm³/mol.